The molecule has 0 atom stereocenters. The van der Waals surface area contributed by atoms with Crippen LogP contribution in [0.3, 0.4) is 0 Å². The van der Waals surface area contributed by atoms with Crippen LogP contribution in [0.2, 0.25) is 0 Å². The van der Waals surface area contributed by atoms with Gasteiger partial charge in [0, 0.05) is 6.42 Å². The summed E-state index contributed by atoms with van der Waals surface area (Å²) in [6, 6.07) is 0.594. The summed E-state index contributed by atoms with van der Waals surface area (Å²) in [6.07, 6.45) is 5.90. The Kier molecular flexibility index (Phi) is 2.72. The Balaban J connectivity index is 2.11. The van der Waals surface area contributed by atoms with E-state index in [0.717, 1.165) is 12.3 Å². The summed E-state index contributed by atoms with van der Waals surface area (Å²) in [5.41, 5.74) is 5.65. The number of nitrogens with zero attached hydrogens (tertiary/aromatic N) is 1. The molecule has 0 bridgehead atoms. The third kappa shape index (κ3) is 2.85. The lowest BCUT2D eigenvalue weighted by atomic mass is 10.2. The Morgan fingerprint density at radius 3 is 2.80 bits per heavy atom. The van der Waals surface area contributed by atoms with Crippen LogP contribution in [-0.4, -0.2) is 11.9 Å². The molecule has 0 unspecified atom stereocenters. The summed E-state index contributed by atoms with van der Waals surface area (Å²) in [7, 11) is 0. The highest BCUT2D eigenvalue weighted by molar-refractivity contribution is 5.80. The summed E-state index contributed by atoms with van der Waals surface area (Å²) >= 11 is 0. The van der Waals surface area contributed by atoms with Crippen molar-refractivity contribution in [1.82, 2.24) is 0 Å². The van der Waals surface area contributed by atoms with E-state index in [4.69, 9.17) is 5.73 Å². The van der Waals surface area contributed by atoms with Crippen LogP contribution in [0.25, 0.3) is 0 Å². The quantitative estimate of drug-likeness (QED) is 0.468. The molecule has 2 nitrogen and oxygen atoms in total. The molecule has 1 fully saturated rings. The van der Waals surface area contributed by atoms with Gasteiger partial charge in [-0.25, -0.2) is 0 Å². The van der Waals surface area contributed by atoms with Gasteiger partial charge in [0.2, 0.25) is 0 Å². The van der Waals surface area contributed by atoms with E-state index in [-0.39, 0.29) is 0 Å². The smallest absolute Gasteiger partial charge is 0.0940 e. The highest BCUT2D eigenvalue weighted by atomic mass is 14.9. The molecule has 1 rings (SSSR count). The molecule has 0 saturated heterocycles. The van der Waals surface area contributed by atoms with Crippen LogP contribution < -0.4 is 5.73 Å². The predicted octanol–water partition coefficient (Wildman–Crippen LogP) is 1.70. The first kappa shape index (κ1) is 7.58. The minimum atomic E-state index is 0.594. The monoisotopic (exact) mass is 140 g/mol. The zero-order valence-corrected chi connectivity index (χ0v) is 6.64. The fourth-order valence-corrected chi connectivity index (χ4v) is 0.861. The van der Waals surface area contributed by atoms with Crippen molar-refractivity contribution in [3.8, 4) is 0 Å². The molecule has 0 heterocycles. The minimum absolute atomic E-state index is 0.594. The number of amidine groups is 1. The minimum Gasteiger partial charge on any atom is -0.387 e. The molecule has 1 saturated carbocycles. The lowest BCUT2D eigenvalue weighted by molar-refractivity contribution is 0.825. The molecule has 2 N–H and O–H groups in total. The first-order valence-electron chi connectivity index (χ1n) is 4.15. The van der Waals surface area contributed by atoms with Gasteiger partial charge < -0.3 is 5.73 Å². The highest BCUT2D eigenvalue weighted by Gasteiger charge is 2.19. The van der Waals surface area contributed by atoms with Gasteiger partial charge in [-0.3, -0.25) is 4.99 Å². The molecule has 0 aromatic carbocycles. The molecular formula is C8H16N2. The van der Waals surface area contributed by atoms with E-state index in [0.29, 0.717) is 6.04 Å². The maximum absolute atomic E-state index is 5.65. The van der Waals surface area contributed by atoms with Crippen molar-refractivity contribution in [3.63, 3.8) is 0 Å². The summed E-state index contributed by atoms with van der Waals surface area (Å²) in [4.78, 5) is 4.32. The van der Waals surface area contributed by atoms with Crippen LogP contribution in [0.4, 0.5) is 0 Å². The Hall–Kier alpha value is -0.530. The van der Waals surface area contributed by atoms with Gasteiger partial charge in [-0.05, 0) is 19.3 Å². The zero-order chi connectivity index (χ0) is 7.40. The van der Waals surface area contributed by atoms with E-state index in [2.05, 4.69) is 11.9 Å². The number of hydrogen-bond donors (Lipinski definition) is 1. The second-order valence-corrected chi connectivity index (χ2v) is 2.96. The van der Waals surface area contributed by atoms with Crippen LogP contribution in [0.1, 0.15) is 39.0 Å². The molecule has 0 aromatic heterocycles. The number of unbranched alkanes of at least 4 members (excludes halogenated alkanes) is 1. The molecule has 2 heteroatoms. The predicted molar refractivity (Wildman–Crippen MR) is 44.2 cm³/mol. The van der Waals surface area contributed by atoms with E-state index in [1.54, 1.807) is 0 Å². The molecule has 58 valence electrons. The van der Waals surface area contributed by atoms with Gasteiger partial charge in [0.15, 0.2) is 0 Å². The van der Waals surface area contributed by atoms with Gasteiger partial charge in [0.1, 0.15) is 0 Å². The summed E-state index contributed by atoms with van der Waals surface area (Å²) < 4.78 is 0. The molecule has 0 aliphatic heterocycles. The molecule has 0 aromatic rings. The number of rotatable bonds is 4. The fraction of sp³-hybridized carbons (Fsp3) is 0.875. The van der Waals surface area contributed by atoms with E-state index in [9.17, 15) is 0 Å². The Morgan fingerprint density at radius 1 is 1.60 bits per heavy atom. The van der Waals surface area contributed by atoms with Crippen molar-refractivity contribution in [2.75, 3.05) is 0 Å². The molecule has 1 aliphatic rings. The molecular weight excluding hydrogens is 124 g/mol. The van der Waals surface area contributed by atoms with Crippen molar-refractivity contribution in [1.29, 1.82) is 0 Å². The normalized spacial score (nSPS) is 19.5. The van der Waals surface area contributed by atoms with E-state index in [1.807, 2.05) is 0 Å². The maximum atomic E-state index is 5.65. The molecule has 10 heavy (non-hydrogen) atoms. The standard InChI is InChI=1S/C8H16N2/c1-2-3-4-8(9)10-7-5-6-7/h7H,2-6H2,1H3,(H2,9,10). The number of aliphatic imine (C=N–C) groups is 1. The molecule has 0 spiro atoms. The largest absolute Gasteiger partial charge is 0.387 e. The zero-order valence-electron chi connectivity index (χ0n) is 6.64. The van der Waals surface area contributed by atoms with Gasteiger partial charge >= 0.3 is 0 Å². The fourth-order valence-electron chi connectivity index (χ4n) is 0.861. The van der Waals surface area contributed by atoms with Crippen LogP contribution in [0.5, 0.6) is 0 Å². The van der Waals surface area contributed by atoms with Crippen molar-refractivity contribution in [2.45, 2.75) is 45.1 Å². The summed E-state index contributed by atoms with van der Waals surface area (Å²) in [5.74, 6) is 0.865. The molecule has 0 amide bonds. The van der Waals surface area contributed by atoms with Crippen molar-refractivity contribution in [2.24, 2.45) is 10.7 Å². The molecule has 0 radical (unpaired) electrons. The Morgan fingerprint density at radius 2 is 2.30 bits per heavy atom. The third-order valence-electron chi connectivity index (χ3n) is 1.68. The molecule has 1 aliphatic carbocycles. The van der Waals surface area contributed by atoms with E-state index >= 15 is 0 Å². The van der Waals surface area contributed by atoms with Gasteiger partial charge in [0.05, 0.1) is 11.9 Å². The van der Waals surface area contributed by atoms with Crippen molar-refractivity contribution < 1.29 is 0 Å². The SMILES string of the molecule is CCCCC(N)=NC1CC1. The average Bonchev–Trinajstić information content (AvgIpc) is 2.67. The van der Waals surface area contributed by atoms with Crippen LogP contribution in [0.15, 0.2) is 4.99 Å². The van der Waals surface area contributed by atoms with Crippen molar-refractivity contribution >= 4 is 5.84 Å². The Bertz CT molecular complexity index is 125. The summed E-state index contributed by atoms with van der Waals surface area (Å²) in [6.45, 7) is 2.17. The van der Waals surface area contributed by atoms with Crippen molar-refractivity contribution in [3.05, 3.63) is 0 Å². The number of nitrogens with two attached hydrogens (primary N) is 1. The third-order valence-corrected chi connectivity index (χ3v) is 1.68. The first-order chi connectivity index (χ1) is 4.83. The lowest BCUT2D eigenvalue weighted by Crippen LogP contribution is -2.11. The Labute approximate surface area is 62.5 Å². The first-order valence-corrected chi connectivity index (χ1v) is 4.15. The topological polar surface area (TPSA) is 38.4 Å². The second-order valence-electron chi connectivity index (χ2n) is 2.96. The van der Waals surface area contributed by atoms with E-state index < -0.39 is 0 Å². The van der Waals surface area contributed by atoms with E-state index in [1.165, 1.54) is 25.7 Å². The number of hydrogen-bond acceptors (Lipinski definition) is 1. The van der Waals surface area contributed by atoms with Crippen LogP contribution in [0, 0.1) is 0 Å². The lowest BCUT2D eigenvalue weighted by Gasteiger charge is -1.96. The van der Waals surface area contributed by atoms with Crippen LogP contribution >= 0.6 is 0 Å². The van der Waals surface area contributed by atoms with Gasteiger partial charge in [-0.2, -0.15) is 0 Å². The maximum Gasteiger partial charge on any atom is 0.0940 e. The van der Waals surface area contributed by atoms with Gasteiger partial charge in [-0.15, -0.1) is 0 Å². The second kappa shape index (κ2) is 3.59. The van der Waals surface area contributed by atoms with Gasteiger partial charge in [0.25, 0.3) is 0 Å². The van der Waals surface area contributed by atoms with Gasteiger partial charge in [-0.1, -0.05) is 13.3 Å². The average molecular weight is 140 g/mol. The highest BCUT2D eigenvalue weighted by Crippen LogP contribution is 2.23. The summed E-state index contributed by atoms with van der Waals surface area (Å²) in [5, 5.41) is 0. The van der Waals surface area contributed by atoms with Crippen LogP contribution in [-0.2, 0) is 0 Å².